The van der Waals surface area contributed by atoms with E-state index in [1.54, 1.807) is 91.0 Å². The highest BCUT2D eigenvalue weighted by Gasteiger charge is 2.09. The summed E-state index contributed by atoms with van der Waals surface area (Å²) in [5.74, 6) is -10.1. The zero-order valence-corrected chi connectivity index (χ0v) is 56.8. The van der Waals surface area contributed by atoms with E-state index in [2.05, 4.69) is 16.4 Å². The second-order valence-electron chi connectivity index (χ2n) is 20.4. The molecule has 550 valence electrons. The summed E-state index contributed by atoms with van der Waals surface area (Å²) in [4.78, 5) is 140. The van der Waals surface area contributed by atoms with Gasteiger partial charge < -0.3 is 51.1 Å². The highest BCUT2D eigenvalue weighted by molar-refractivity contribution is 6.30. The van der Waals surface area contributed by atoms with Gasteiger partial charge in [-0.15, -0.1) is 0 Å². The Bertz CT molecular complexity index is 4610. The Labute approximate surface area is 617 Å². The van der Waals surface area contributed by atoms with E-state index in [4.69, 9.17) is 69.2 Å². The van der Waals surface area contributed by atoms with Crippen molar-refractivity contribution in [2.75, 3.05) is 0 Å². The molecule has 10 N–H and O–H groups in total. The molecule has 0 aliphatic heterocycles. The van der Waals surface area contributed by atoms with Gasteiger partial charge in [0.15, 0.2) is 11.5 Å². The van der Waals surface area contributed by atoms with Crippen molar-refractivity contribution in [3.63, 3.8) is 0 Å². The van der Waals surface area contributed by atoms with E-state index < -0.39 is 70.4 Å². The smallest absolute Gasteiger partial charge is 0.337 e. The molecular formula is C79H61ClFN3O24. The number of carboxylic acids is 10. The van der Waals surface area contributed by atoms with Crippen molar-refractivity contribution in [1.29, 1.82) is 0 Å². The van der Waals surface area contributed by atoms with Crippen LogP contribution >= 0.6 is 11.6 Å². The number of fused-ring (bicyclic) bond motifs is 1. The second kappa shape index (κ2) is 47.6. The number of Topliss-reactive ketones (excluding diaryl/α,β-unsaturated/α-hetero) is 1. The molecule has 29 heteroatoms. The third kappa shape index (κ3) is 34.7. The first-order valence-electron chi connectivity index (χ1n) is 30.1. The zero-order valence-electron chi connectivity index (χ0n) is 56.1. The molecule has 1 heterocycles. The van der Waals surface area contributed by atoms with Crippen LogP contribution in [0.25, 0.3) is 21.7 Å². The molecule has 0 aliphatic carbocycles. The SMILES string of the molecule is C=Cc1ccc(C(=O)O)cc1.CC(=O)c1ccc(C(=O)O)cc1.O=C(O)c1ccc(Cl)cc1.O=C(O)c1ccc(F)cc1.O=C(O)c1ccc([N+](=O)[O-])cc1.O=C(O)c1ccc2ccccc2c1.O=C(O)c1ccccc1.O=C(O)c1cccnc1.O=Cc1ccc(C(=O)O)cc1.[C-]#[N+]c1ccc(C(=O)O)cc1. The number of ketones is 1. The number of nitro groups is 1. The summed E-state index contributed by atoms with van der Waals surface area (Å²) < 4.78 is 12.2. The van der Waals surface area contributed by atoms with Crippen LogP contribution in [0.4, 0.5) is 15.8 Å². The molecule has 0 amide bonds. The minimum Gasteiger partial charge on any atom is -0.478 e. The number of nitro benzene ring substituents is 1. The molecule has 10 aromatic carbocycles. The number of aldehydes is 1. The molecule has 0 saturated carbocycles. The molecule has 0 bridgehead atoms. The van der Waals surface area contributed by atoms with Crippen LogP contribution in [-0.4, -0.2) is 133 Å². The normalized spacial score (nSPS) is 9.24. The number of aromatic carboxylic acids is 10. The molecule has 0 spiro atoms. The van der Waals surface area contributed by atoms with Crippen LogP contribution in [0.1, 0.15) is 137 Å². The van der Waals surface area contributed by atoms with Crippen LogP contribution < -0.4 is 0 Å². The Kier molecular flexibility index (Phi) is 39.0. The first kappa shape index (κ1) is 88.6. The summed E-state index contributed by atoms with van der Waals surface area (Å²) in [5.41, 5.74) is 4.45. The van der Waals surface area contributed by atoms with Crippen molar-refractivity contribution >= 4 is 112 Å². The van der Waals surface area contributed by atoms with E-state index in [0.29, 0.717) is 44.8 Å². The highest BCUT2D eigenvalue weighted by Crippen LogP contribution is 2.17. The Morgan fingerprint density at radius 1 is 0.407 bits per heavy atom. The molecular weight excluding hydrogens is 1430 g/mol. The maximum atomic E-state index is 12.2. The van der Waals surface area contributed by atoms with Gasteiger partial charge in [0, 0.05) is 40.7 Å². The van der Waals surface area contributed by atoms with Crippen molar-refractivity contribution in [3.05, 3.63) is 378 Å². The minimum atomic E-state index is -1.09. The third-order valence-corrected chi connectivity index (χ3v) is 13.2. The van der Waals surface area contributed by atoms with E-state index >= 15 is 0 Å². The van der Waals surface area contributed by atoms with Gasteiger partial charge in [0.05, 0.1) is 67.1 Å². The van der Waals surface area contributed by atoms with Crippen molar-refractivity contribution in [1.82, 2.24) is 4.98 Å². The monoisotopic (exact) mass is 1490 g/mol. The summed E-state index contributed by atoms with van der Waals surface area (Å²) in [5, 5.41) is 97.4. The number of carbonyl (C=O) groups is 12. The van der Waals surface area contributed by atoms with Gasteiger partial charge in [-0.2, -0.15) is 0 Å². The number of carboxylic acid groups (broad SMARTS) is 10. The van der Waals surface area contributed by atoms with E-state index in [-0.39, 0.29) is 50.4 Å². The van der Waals surface area contributed by atoms with Gasteiger partial charge >= 0.3 is 59.7 Å². The molecule has 0 radical (unpaired) electrons. The summed E-state index contributed by atoms with van der Waals surface area (Å²) in [7, 11) is 0. The number of nitrogens with zero attached hydrogens (tertiary/aromatic N) is 3. The lowest BCUT2D eigenvalue weighted by molar-refractivity contribution is -0.384. The van der Waals surface area contributed by atoms with Crippen molar-refractivity contribution in [2.24, 2.45) is 0 Å². The first-order valence-corrected chi connectivity index (χ1v) is 30.5. The number of non-ortho nitro benzene ring substituents is 1. The van der Waals surface area contributed by atoms with Crippen molar-refractivity contribution in [3.8, 4) is 0 Å². The van der Waals surface area contributed by atoms with Gasteiger partial charge in [-0.3, -0.25) is 24.7 Å². The number of hydrogen-bond acceptors (Lipinski definition) is 15. The topological polar surface area (TPSA) is 468 Å². The predicted octanol–water partition coefficient (Wildman–Crippen LogP) is 16.3. The number of rotatable bonds is 14. The quantitative estimate of drug-likeness (QED) is 0.0159. The average Bonchev–Trinajstić information content (AvgIpc) is 0.836. The number of carbonyl (C=O) groups excluding carboxylic acids is 2. The lowest BCUT2D eigenvalue weighted by Gasteiger charge is -1.98. The lowest BCUT2D eigenvalue weighted by Crippen LogP contribution is -1.97. The molecule has 0 aliphatic rings. The maximum Gasteiger partial charge on any atom is 0.337 e. The molecule has 11 rings (SSSR count). The second-order valence-corrected chi connectivity index (χ2v) is 20.8. The van der Waals surface area contributed by atoms with Gasteiger partial charge in [-0.1, -0.05) is 133 Å². The lowest BCUT2D eigenvalue weighted by atomic mass is 10.1. The molecule has 0 atom stereocenters. The standard InChI is InChI=1S/C11H8O2.C9H8O3.C9H8O2.C8H5NO2.C8H6O3.C7H5ClO2.C7H5FO2.C7H5NO4.C7H6O2.C6H5NO2/c12-11(13)10-6-5-8-3-1-2-4-9(8)7-10;1-6(10)7-2-4-8(5-3-7)9(11)12;1-2-7-3-5-8(6-4-7)9(10)11;1-9-7-4-2-6(3-5-7)8(10)11;9-5-6-1-3-7(4-2-6)8(10)11;2*8-6-3-1-5(2-4-6)7(9)10;9-7(10)5-1-3-6(4-2-5)8(11)12;8-7(9)6-4-2-1-3-5-6;8-6(9)5-2-1-3-7-4-5/h1-7H,(H,12,13);2-5H,1H3,(H,11,12);2-6H,1H2,(H,10,11);2-5H,(H,10,11);1-5H,(H,10,11);2*1-4H,(H,9,10);1-4H,(H,9,10);1-5H,(H,8,9);1-4H,(H,8,9). The van der Waals surface area contributed by atoms with Crippen LogP contribution in [-0.2, 0) is 0 Å². The molecule has 27 nitrogen and oxygen atoms in total. The van der Waals surface area contributed by atoms with Crippen LogP contribution in [0.2, 0.25) is 5.02 Å². The summed E-state index contributed by atoms with van der Waals surface area (Å²) in [6.45, 7) is 11.6. The Hall–Kier alpha value is -15.5. The van der Waals surface area contributed by atoms with Gasteiger partial charge in [0.25, 0.3) is 5.69 Å². The van der Waals surface area contributed by atoms with E-state index in [0.717, 1.165) is 40.6 Å². The maximum absolute atomic E-state index is 12.2. The Morgan fingerprint density at radius 2 is 0.722 bits per heavy atom. The number of halogens is 2. The molecule has 0 saturated heterocycles. The predicted molar refractivity (Wildman–Crippen MR) is 393 cm³/mol. The minimum absolute atomic E-state index is 0.0422. The fourth-order valence-electron chi connectivity index (χ4n) is 7.30. The molecule has 1 aromatic heterocycles. The zero-order chi connectivity index (χ0) is 80.8. The van der Waals surface area contributed by atoms with Crippen LogP contribution in [0.15, 0.2) is 274 Å². The van der Waals surface area contributed by atoms with Crippen molar-refractivity contribution < 1.29 is 118 Å². The number of benzene rings is 10. The van der Waals surface area contributed by atoms with Gasteiger partial charge in [-0.05, 0) is 157 Å². The summed E-state index contributed by atoms with van der Waals surface area (Å²) in [6.07, 6.45) is 5.19. The molecule has 11 aromatic rings. The van der Waals surface area contributed by atoms with E-state index in [9.17, 15) is 72.0 Å². The van der Waals surface area contributed by atoms with Crippen LogP contribution in [0.3, 0.4) is 0 Å². The van der Waals surface area contributed by atoms with E-state index in [1.165, 1.54) is 135 Å². The number of pyridine rings is 1. The summed E-state index contributed by atoms with van der Waals surface area (Å²) >= 11 is 5.52. The third-order valence-electron chi connectivity index (χ3n) is 12.9. The fourth-order valence-corrected chi connectivity index (χ4v) is 7.42. The van der Waals surface area contributed by atoms with Gasteiger partial charge in [0.1, 0.15) is 12.1 Å². The largest absolute Gasteiger partial charge is 0.478 e. The first-order chi connectivity index (χ1) is 51.2. The molecule has 108 heavy (non-hydrogen) atoms. The van der Waals surface area contributed by atoms with Crippen LogP contribution in [0, 0.1) is 22.5 Å². The fraction of sp³-hybridized carbons (Fsp3) is 0.0127. The number of hydrogen-bond donors (Lipinski definition) is 10. The molecule has 0 unspecified atom stereocenters. The Morgan fingerprint density at radius 3 is 1.06 bits per heavy atom. The van der Waals surface area contributed by atoms with Gasteiger partial charge in [-0.25, -0.2) is 57.2 Å². The Balaban J connectivity index is 0.000000408. The van der Waals surface area contributed by atoms with Crippen molar-refractivity contribution in [2.45, 2.75) is 6.92 Å². The summed E-state index contributed by atoms with van der Waals surface area (Å²) in [6, 6.07) is 63.5. The van der Waals surface area contributed by atoms with Gasteiger partial charge in [0.2, 0.25) is 0 Å². The highest BCUT2D eigenvalue weighted by atomic mass is 35.5. The molecule has 0 fully saturated rings. The van der Waals surface area contributed by atoms with Crippen LogP contribution in [0.5, 0.6) is 0 Å². The van der Waals surface area contributed by atoms with E-state index in [1.807, 2.05) is 30.3 Å². The average molecular weight is 1490 g/mol. The number of aromatic nitrogens is 1.